The zero-order valence-corrected chi connectivity index (χ0v) is 14.4. The molecule has 2 aromatic carbocycles. The third-order valence-electron chi connectivity index (χ3n) is 4.47. The Bertz CT molecular complexity index is 1050. The molecule has 1 aliphatic rings. The largest absolute Gasteiger partial charge is 0.481 e. The van der Waals surface area contributed by atoms with E-state index in [0.29, 0.717) is 22.9 Å². The predicted molar refractivity (Wildman–Crippen MR) is 99.4 cm³/mol. The highest BCUT2D eigenvalue weighted by Crippen LogP contribution is 2.38. The van der Waals surface area contributed by atoms with Crippen molar-refractivity contribution < 1.29 is 13.9 Å². The Labute approximate surface area is 155 Å². The van der Waals surface area contributed by atoms with Crippen molar-refractivity contribution >= 4 is 11.7 Å². The number of amides is 1. The molecule has 2 heterocycles. The smallest absolute Gasteiger partial charge is 0.226 e. The minimum Gasteiger partial charge on any atom is -0.481 e. The summed E-state index contributed by atoms with van der Waals surface area (Å²) in [5, 5.41) is 2.82. The molecule has 3 aromatic rings. The van der Waals surface area contributed by atoms with Crippen LogP contribution >= 0.6 is 0 Å². The van der Waals surface area contributed by atoms with Crippen molar-refractivity contribution in [2.45, 2.75) is 12.3 Å². The van der Waals surface area contributed by atoms with Gasteiger partial charge in [0.15, 0.2) is 0 Å². The molecule has 1 N–H and O–H groups in total. The summed E-state index contributed by atoms with van der Waals surface area (Å²) in [4.78, 5) is 16.8. The van der Waals surface area contributed by atoms with Crippen LogP contribution < -0.4 is 10.1 Å². The molecule has 0 radical (unpaired) electrons. The first kappa shape index (κ1) is 16.9. The number of para-hydroxylation sites is 1. The zero-order valence-electron chi connectivity index (χ0n) is 14.4. The number of nitrogens with one attached hydrogen (secondary N) is 1. The lowest BCUT2D eigenvalue weighted by Crippen LogP contribution is -2.25. The highest BCUT2D eigenvalue weighted by atomic mass is 19.1. The predicted octanol–water partition coefficient (Wildman–Crippen LogP) is 3.50. The van der Waals surface area contributed by atoms with Crippen molar-refractivity contribution in [1.29, 1.82) is 0 Å². The molecular formula is C21H16FN3O2. The van der Waals surface area contributed by atoms with E-state index in [1.54, 1.807) is 22.8 Å². The van der Waals surface area contributed by atoms with Gasteiger partial charge in [-0.2, -0.15) is 0 Å². The Morgan fingerprint density at radius 1 is 1.30 bits per heavy atom. The molecule has 0 spiro atoms. The van der Waals surface area contributed by atoms with Crippen LogP contribution in [-0.2, 0) is 4.79 Å². The highest BCUT2D eigenvalue weighted by Gasteiger charge is 2.31. The van der Waals surface area contributed by atoms with E-state index in [0.717, 1.165) is 5.56 Å². The molecule has 0 saturated heterocycles. The van der Waals surface area contributed by atoms with Crippen LogP contribution in [0.5, 0.6) is 5.75 Å². The summed E-state index contributed by atoms with van der Waals surface area (Å²) in [5.41, 5.74) is 1.91. The third-order valence-corrected chi connectivity index (χ3v) is 4.47. The maximum absolute atomic E-state index is 14.2. The Balaban J connectivity index is 1.76. The molecule has 27 heavy (non-hydrogen) atoms. The Hall–Kier alpha value is -3.59. The maximum atomic E-state index is 14.2. The molecule has 0 unspecified atom stereocenters. The standard InChI is InChI=1S/C21H16FN3O2/c1-2-10-27-15-7-5-6-14(11-15)16-12-19(26)24-21-20(16)23-13-25(21)18-9-4-3-8-17(18)22/h1,3-9,11,13,16H,10,12H2,(H,24,26)/t16-/m1/s1. The summed E-state index contributed by atoms with van der Waals surface area (Å²) >= 11 is 0. The minimum atomic E-state index is -0.390. The molecule has 0 saturated carbocycles. The first-order valence-electron chi connectivity index (χ1n) is 8.45. The summed E-state index contributed by atoms with van der Waals surface area (Å²) in [6, 6.07) is 13.8. The van der Waals surface area contributed by atoms with Crippen LogP contribution in [0.3, 0.4) is 0 Å². The molecule has 1 atom stereocenters. The van der Waals surface area contributed by atoms with Gasteiger partial charge in [0.25, 0.3) is 0 Å². The molecule has 0 fully saturated rings. The van der Waals surface area contributed by atoms with Gasteiger partial charge in [-0.05, 0) is 29.8 Å². The lowest BCUT2D eigenvalue weighted by atomic mass is 9.89. The number of fused-ring (bicyclic) bond motifs is 1. The number of hydrogen-bond donors (Lipinski definition) is 1. The van der Waals surface area contributed by atoms with Gasteiger partial charge in [0.05, 0.1) is 11.4 Å². The number of terminal acetylenes is 1. The molecule has 0 bridgehead atoms. The average molecular weight is 361 g/mol. The van der Waals surface area contributed by atoms with Gasteiger partial charge < -0.3 is 10.1 Å². The number of carbonyl (C=O) groups excluding carboxylic acids is 1. The van der Waals surface area contributed by atoms with Gasteiger partial charge in [-0.25, -0.2) is 9.37 Å². The van der Waals surface area contributed by atoms with Crippen LogP contribution in [0.1, 0.15) is 23.6 Å². The van der Waals surface area contributed by atoms with E-state index < -0.39 is 5.82 Å². The SMILES string of the molecule is C#CCOc1cccc([C@H]2CC(=O)Nc3c2ncn3-c2ccccc2F)c1. The van der Waals surface area contributed by atoms with E-state index in [-0.39, 0.29) is 24.9 Å². The fourth-order valence-corrected chi connectivity index (χ4v) is 3.26. The molecule has 6 heteroatoms. The Kier molecular flexibility index (Phi) is 4.35. The first-order chi connectivity index (χ1) is 13.2. The van der Waals surface area contributed by atoms with E-state index in [4.69, 9.17) is 11.2 Å². The fourth-order valence-electron chi connectivity index (χ4n) is 3.26. The number of halogens is 1. The van der Waals surface area contributed by atoms with Crippen molar-refractivity contribution in [3.63, 3.8) is 0 Å². The number of hydrogen-bond acceptors (Lipinski definition) is 3. The summed E-state index contributed by atoms with van der Waals surface area (Å²) in [6.45, 7) is 0.168. The zero-order chi connectivity index (χ0) is 18.8. The van der Waals surface area contributed by atoms with E-state index in [1.807, 2.05) is 24.3 Å². The molecule has 1 aromatic heterocycles. The molecule has 0 aliphatic carbocycles. The van der Waals surface area contributed by atoms with Crippen LogP contribution in [0.25, 0.3) is 5.69 Å². The van der Waals surface area contributed by atoms with Crippen LogP contribution in [0.2, 0.25) is 0 Å². The summed E-state index contributed by atoms with van der Waals surface area (Å²) in [7, 11) is 0. The number of ether oxygens (including phenoxy) is 1. The van der Waals surface area contributed by atoms with Crippen molar-refractivity contribution in [2.75, 3.05) is 11.9 Å². The highest BCUT2D eigenvalue weighted by molar-refractivity contribution is 5.94. The third kappa shape index (κ3) is 3.15. The van der Waals surface area contributed by atoms with Gasteiger partial charge in [-0.1, -0.05) is 30.2 Å². The molecule has 134 valence electrons. The number of aromatic nitrogens is 2. The Morgan fingerprint density at radius 2 is 2.15 bits per heavy atom. The van der Waals surface area contributed by atoms with Crippen LogP contribution in [0.4, 0.5) is 10.2 Å². The number of anilines is 1. The van der Waals surface area contributed by atoms with Crippen molar-refractivity contribution in [3.05, 3.63) is 71.9 Å². The van der Waals surface area contributed by atoms with Gasteiger partial charge in [0.2, 0.25) is 5.91 Å². The van der Waals surface area contributed by atoms with Crippen LogP contribution in [0.15, 0.2) is 54.9 Å². The normalized spacial score (nSPS) is 15.6. The number of benzene rings is 2. The topological polar surface area (TPSA) is 56.1 Å². The molecule has 1 amide bonds. The number of imidazole rings is 1. The van der Waals surface area contributed by atoms with Gasteiger partial charge in [0, 0.05) is 12.3 Å². The summed E-state index contributed by atoms with van der Waals surface area (Å²) < 4.78 is 21.3. The van der Waals surface area contributed by atoms with E-state index >= 15 is 0 Å². The number of rotatable bonds is 4. The Morgan fingerprint density at radius 3 is 2.96 bits per heavy atom. The maximum Gasteiger partial charge on any atom is 0.226 e. The summed E-state index contributed by atoms with van der Waals surface area (Å²) in [6.07, 6.45) is 7.02. The molecule has 1 aliphatic heterocycles. The van der Waals surface area contributed by atoms with Crippen molar-refractivity contribution in [1.82, 2.24) is 9.55 Å². The molecule has 4 rings (SSSR count). The summed E-state index contributed by atoms with van der Waals surface area (Å²) in [5.74, 6) is 2.74. The average Bonchev–Trinajstić information content (AvgIpc) is 3.10. The van der Waals surface area contributed by atoms with Gasteiger partial charge in [-0.15, -0.1) is 6.42 Å². The van der Waals surface area contributed by atoms with Crippen molar-refractivity contribution in [3.8, 4) is 23.8 Å². The lowest BCUT2D eigenvalue weighted by Gasteiger charge is -2.23. The number of carbonyl (C=O) groups is 1. The van der Waals surface area contributed by atoms with E-state index in [2.05, 4.69) is 16.2 Å². The quantitative estimate of drug-likeness (QED) is 0.724. The molecule has 5 nitrogen and oxygen atoms in total. The first-order valence-corrected chi connectivity index (χ1v) is 8.45. The van der Waals surface area contributed by atoms with E-state index in [9.17, 15) is 9.18 Å². The second-order valence-corrected chi connectivity index (χ2v) is 6.17. The monoisotopic (exact) mass is 361 g/mol. The number of nitrogens with zero attached hydrogens (tertiary/aromatic N) is 2. The van der Waals surface area contributed by atoms with Crippen LogP contribution in [0, 0.1) is 18.2 Å². The van der Waals surface area contributed by atoms with Crippen molar-refractivity contribution in [2.24, 2.45) is 0 Å². The van der Waals surface area contributed by atoms with Gasteiger partial charge in [0.1, 0.15) is 30.3 Å². The van der Waals surface area contributed by atoms with E-state index in [1.165, 1.54) is 12.4 Å². The van der Waals surface area contributed by atoms with Crippen LogP contribution in [-0.4, -0.2) is 22.1 Å². The lowest BCUT2D eigenvalue weighted by molar-refractivity contribution is -0.116. The fraction of sp³-hybridized carbons (Fsp3) is 0.143. The second-order valence-electron chi connectivity index (χ2n) is 6.17. The molecular weight excluding hydrogens is 345 g/mol. The minimum absolute atomic E-state index is 0.152. The van der Waals surface area contributed by atoms with Gasteiger partial charge in [-0.3, -0.25) is 9.36 Å². The van der Waals surface area contributed by atoms with Gasteiger partial charge >= 0.3 is 0 Å². The second kappa shape index (κ2) is 6.96.